The third-order valence-electron chi connectivity index (χ3n) is 7.41. The minimum atomic E-state index is -0.547. The van der Waals surface area contributed by atoms with Gasteiger partial charge >= 0.3 is 5.97 Å². The van der Waals surface area contributed by atoms with E-state index in [1.165, 1.54) is 0 Å². The van der Waals surface area contributed by atoms with Crippen molar-refractivity contribution in [1.82, 2.24) is 5.32 Å². The maximum Gasteiger partial charge on any atom is 0.336 e. The molecule has 7 nitrogen and oxygen atoms in total. The molecule has 3 aromatic rings. The summed E-state index contributed by atoms with van der Waals surface area (Å²) in [5.74, 6) is 1.20. The molecule has 0 bridgehead atoms. The molecular weight excluding hydrogens is 506 g/mol. The quantitative estimate of drug-likeness (QED) is 0.276. The Kier molecular flexibility index (Phi) is 8.20. The molecule has 7 heteroatoms. The monoisotopic (exact) mass is 539 g/mol. The minimum absolute atomic E-state index is 0.0144. The molecule has 2 atom stereocenters. The molecule has 40 heavy (non-hydrogen) atoms. The number of allylic oxidation sites excluding steroid dienone is 3. The van der Waals surface area contributed by atoms with E-state index in [-0.39, 0.29) is 24.9 Å². The van der Waals surface area contributed by atoms with Crippen LogP contribution in [0.1, 0.15) is 42.7 Å². The Labute approximate surface area is 234 Å². The van der Waals surface area contributed by atoms with Crippen LogP contribution in [0, 0.1) is 0 Å². The second kappa shape index (κ2) is 12.1. The summed E-state index contributed by atoms with van der Waals surface area (Å²) >= 11 is 0. The third-order valence-corrected chi connectivity index (χ3v) is 7.41. The number of nitrogens with one attached hydrogen (secondary N) is 1. The van der Waals surface area contributed by atoms with Gasteiger partial charge in [0, 0.05) is 29.3 Å². The topological polar surface area (TPSA) is 83.1 Å². The number of hydrogen-bond donors (Lipinski definition) is 1. The van der Waals surface area contributed by atoms with Crippen molar-refractivity contribution >= 4 is 11.8 Å². The highest BCUT2D eigenvalue weighted by atomic mass is 16.6. The molecular formula is C33H33NO6. The summed E-state index contributed by atoms with van der Waals surface area (Å²) in [6.07, 6.45) is 1.01. The summed E-state index contributed by atoms with van der Waals surface area (Å²) in [4.78, 5) is 27.3. The average Bonchev–Trinajstić information content (AvgIpc) is 2.99. The van der Waals surface area contributed by atoms with Crippen molar-refractivity contribution in [3.8, 4) is 17.2 Å². The highest BCUT2D eigenvalue weighted by Crippen LogP contribution is 2.46. The molecule has 2 aliphatic rings. The van der Waals surface area contributed by atoms with Crippen LogP contribution in [0.3, 0.4) is 0 Å². The Morgan fingerprint density at radius 1 is 0.800 bits per heavy atom. The van der Waals surface area contributed by atoms with Crippen LogP contribution in [0.5, 0.6) is 17.2 Å². The first-order valence-electron chi connectivity index (χ1n) is 13.4. The lowest BCUT2D eigenvalue weighted by Gasteiger charge is -2.36. The van der Waals surface area contributed by atoms with Gasteiger partial charge in [-0.3, -0.25) is 4.79 Å². The van der Waals surface area contributed by atoms with Gasteiger partial charge in [0.15, 0.2) is 5.78 Å². The Morgan fingerprint density at radius 2 is 1.43 bits per heavy atom. The molecule has 0 radical (unpaired) electrons. The molecule has 1 N–H and O–H groups in total. The zero-order valence-electron chi connectivity index (χ0n) is 22.9. The zero-order chi connectivity index (χ0) is 28.1. The maximum atomic E-state index is 13.8. The first-order valence-corrected chi connectivity index (χ1v) is 13.4. The van der Waals surface area contributed by atoms with Crippen LogP contribution in [-0.2, 0) is 14.3 Å². The molecule has 1 aliphatic heterocycles. The molecule has 0 fully saturated rings. The van der Waals surface area contributed by atoms with Crippen LogP contribution in [-0.4, -0.2) is 39.2 Å². The molecule has 0 amide bonds. The van der Waals surface area contributed by atoms with Crippen molar-refractivity contribution < 1.29 is 28.5 Å². The fourth-order valence-corrected chi connectivity index (χ4v) is 5.44. The summed E-state index contributed by atoms with van der Waals surface area (Å²) in [6, 6.07) is 24.7. The van der Waals surface area contributed by atoms with Gasteiger partial charge in [-0.05, 0) is 66.8 Å². The summed E-state index contributed by atoms with van der Waals surface area (Å²) in [5, 5.41) is 3.40. The van der Waals surface area contributed by atoms with Gasteiger partial charge in [0.2, 0.25) is 0 Å². The Hall–Kier alpha value is -4.52. The highest BCUT2D eigenvalue weighted by Gasteiger charge is 2.41. The second-order valence-corrected chi connectivity index (χ2v) is 9.86. The zero-order valence-corrected chi connectivity index (χ0v) is 22.9. The van der Waals surface area contributed by atoms with Gasteiger partial charge in [-0.15, -0.1) is 0 Å². The van der Waals surface area contributed by atoms with E-state index in [0.717, 1.165) is 22.6 Å². The van der Waals surface area contributed by atoms with Gasteiger partial charge in [0.05, 0.1) is 19.8 Å². The number of hydrogen-bond acceptors (Lipinski definition) is 7. The number of methoxy groups -OCH3 is 2. The van der Waals surface area contributed by atoms with Crippen molar-refractivity contribution in [2.24, 2.45) is 0 Å². The fourth-order valence-electron chi connectivity index (χ4n) is 5.44. The van der Waals surface area contributed by atoms with Gasteiger partial charge in [-0.25, -0.2) is 4.79 Å². The van der Waals surface area contributed by atoms with Crippen LogP contribution in [0.4, 0.5) is 0 Å². The number of rotatable bonds is 9. The van der Waals surface area contributed by atoms with E-state index in [9.17, 15) is 9.59 Å². The van der Waals surface area contributed by atoms with E-state index in [1.54, 1.807) is 14.2 Å². The summed E-state index contributed by atoms with van der Waals surface area (Å²) in [7, 11) is 3.24. The smallest absolute Gasteiger partial charge is 0.336 e. The predicted octanol–water partition coefficient (Wildman–Crippen LogP) is 5.69. The standard InChI is InChI=1S/C33H33NO6/c1-21-30(33(36)40-18-17-39-27-7-5-4-6-8-27)31(23-11-15-26(38-3)16-12-23)32-28(34-21)19-24(20-29(32)35)22-9-13-25(37-2)14-10-22/h4-16,24,31,34H,17-20H2,1-3H3/t24-,31-/m0/s1. The van der Waals surface area contributed by atoms with Gasteiger partial charge in [-0.1, -0.05) is 42.5 Å². The van der Waals surface area contributed by atoms with Crippen molar-refractivity contribution in [2.45, 2.75) is 31.6 Å². The largest absolute Gasteiger partial charge is 0.497 e. The van der Waals surface area contributed by atoms with Crippen molar-refractivity contribution in [3.63, 3.8) is 0 Å². The van der Waals surface area contributed by atoms with Gasteiger partial charge in [-0.2, -0.15) is 0 Å². The summed E-state index contributed by atoms with van der Waals surface area (Å²) < 4.78 is 22.0. The Morgan fingerprint density at radius 3 is 2.05 bits per heavy atom. The number of carbonyl (C=O) groups is 2. The van der Waals surface area contributed by atoms with Crippen molar-refractivity contribution in [2.75, 3.05) is 27.4 Å². The van der Waals surface area contributed by atoms with Crippen LogP contribution < -0.4 is 19.5 Å². The second-order valence-electron chi connectivity index (χ2n) is 9.86. The van der Waals surface area contributed by atoms with E-state index in [0.29, 0.717) is 41.2 Å². The number of Topliss-reactive ketones (excluding diaryl/α,β-unsaturated/α-hetero) is 1. The Bertz CT molecular complexity index is 1420. The molecule has 3 aromatic carbocycles. The minimum Gasteiger partial charge on any atom is -0.497 e. The average molecular weight is 540 g/mol. The van der Waals surface area contributed by atoms with Gasteiger partial charge in [0.25, 0.3) is 0 Å². The van der Waals surface area contributed by atoms with Crippen LogP contribution in [0.2, 0.25) is 0 Å². The molecule has 0 unspecified atom stereocenters. The van der Waals surface area contributed by atoms with E-state index < -0.39 is 11.9 Å². The van der Waals surface area contributed by atoms with Gasteiger partial charge < -0.3 is 24.3 Å². The summed E-state index contributed by atoms with van der Waals surface area (Å²) in [6.45, 7) is 2.16. The molecule has 0 spiro atoms. The number of dihydropyridines is 1. The number of carbonyl (C=O) groups excluding carboxylic acids is 2. The Balaban J connectivity index is 1.41. The van der Waals surface area contributed by atoms with Crippen LogP contribution in [0.15, 0.2) is 101 Å². The van der Waals surface area contributed by atoms with Crippen LogP contribution in [0.25, 0.3) is 0 Å². The lowest BCUT2D eigenvalue weighted by molar-refractivity contribution is -0.140. The molecule has 0 saturated heterocycles. The SMILES string of the molecule is COc1ccc([C@@H]2CC(=O)C3=C(C2)NC(C)=C(C(=O)OCCOc2ccccc2)[C@@H]3c2ccc(OC)cc2)cc1. The number of para-hydroxylation sites is 1. The lowest BCUT2D eigenvalue weighted by atomic mass is 9.71. The van der Waals surface area contributed by atoms with E-state index in [1.807, 2.05) is 85.8 Å². The maximum absolute atomic E-state index is 13.8. The van der Waals surface area contributed by atoms with E-state index in [2.05, 4.69) is 5.32 Å². The first-order chi connectivity index (χ1) is 19.5. The number of ketones is 1. The summed E-state index contributed by atoms with van der Waals surface area (Å²) in [5.41, 5.74) is 4.48. The van der Waals surface area contributed by atoms with Crippen molar-refractivity contribution in [1.29, 1.82) is 0 Å². The molecule has 0 saturated carbocycles. The molecule has 0 aromatic heterocycles. The normalized spacial score (nSPS) is 18.5. The van der Waals surface area contributed by atoms with Gasteiger partial charge in [0.1, 0.15) is 30.5 Å². The first kappa shape index (κ1) is 27.1. The number of benzene rings is 3. The lowest BCUT2D eigenvalue weighted by Crippen LogP contribution is -2.36. The predicted molar refractivity (Wildman–Crippen MR) is 151 cm³/mol. The highest BCUT2D eigenvalue weighted by molar-refractivity contribution is 6.04. The number of ether oxygens (including phenoxy) is 4. The van der Waals surface area contributed by atoms with Crippen molar-refractivity contribution in [3.05, 3.63) is 113 Å². The number of esters is 1. The van der Waals surface area contributed by atoms with E-state index in [4.69, 9.17) is 18.9 Å². The molecule has 5 rings (SSSR count). The molecule has 1 aliphatic carbocycles. The molecule has 206 valence electrons. The third kappa shape index (κ3) is 5.73. The fraction of sp³-hybridized carbons (Fsp3) is 0.273. The molecule has 1 heterocycles. The van der Waals surface area contributed by atoms with Crippen LogP contribution >= 0.6 is 0 Å². The van der Waals surface area contributed by atoms with E-state index >= 15 is 0 Å².